The minimum Gasteiger partial charge on any atom is -0.321 e. The molecule has 0 unspecified atom stereocenters. The number of carbonyl (C=O) groups excluding carboxylic acids is 1. The Morgan fingerprint density at radius 1 is 1.13 bits per heavy atom. The van der Waals surface area contributed by atoms with E-state index in [1.807, 2.05) is 61.5 Å². The molecule has 0 radical (unpaired) electrons. The summed E-state index contributed by atoms with van der Waals surface area (Å²) >= 11 is 0. The molecule has 2 N–H and O–H groups in total. The molecule has 0 aliphatic carbocycles. The van der Waals surface area contributed by atoms with Crippen LogP contribution in [0.4, 0.5) is 5.69 Å². The third kappa shape index (κ3) is 4.47. The fourth-order valence-corrected chi connectivity index (χ4v) is 1.99. The van der Waals surface area contributed by atoms with Gasteiger partial charge in [-0.3, -0.25) is 4.79 Å². The van der Waals surface area contributed by atoms with E-state index in [1.165, 1.54) is 0 Å². The maximum atomic E-state index is 12.2. The Hall–Kier alpha value is -3.02. The summed E-state index contributed by atoms with van der Waals surface area (Å²) in [5.41, 5.74) is 2.66. The number of rotatable bonds is 4. The van der Waals surface area contributed by atoms with Gasteiger partial charge in [0, 0.05) is 18.3 Å². The van der Waals surface area contributed by atoms with E-state index in [0.29, 0.717) is 0 Å². The zero-order valence-electron chi connectivity index (χ0n) is 13.2. The number of amidine groups is 1. The van der Waals surface area contributed by atoms with Crippen molar-refractivity contribution < 1.29 is 4.79 Å². The van der Waals surface area contributed by atoms with Crippen LogP contribution < -0.4 is 10.7 Å². The Bertz CT molecular complexity index is 725. The molecule has 2 aromatic rings. The molecule has 23 heavy (non-hydrogen) atoms. The summed E-state index contributed by atoms with van der Waals surface area (Å²) in [7, 11) is 1.71. The molecule has 0 fully saturated rings. The van der Waals surface area contributed by atoms with Gasteiger partial charge in [0.25, 0.3) is 0 Å². The Kier molecular flexibility index (Phi) is 5.57. The van der Waals surface area contributed by atoms with Crippen LogP contribution in [0.3, 0.4) is 0 Å². The van der Waals surface area contributed by atoms with Gasteiger partial charge in [-0.25, -0.2) is 0 Å². The van der Waals surface area contributed by atoms with Crippen LogP contribution in [0.5, 0.6) is 0 Å². The van der Waals surface area contributed by atoms with Crippen molar-refractivity contribution in [3.63, 3.8) is 0 Å². The molecule has 6 heteroatoms. The van der Waals surface area contributed by atoms with E-state index in [-0.39, 0.29) is 18.3 Å². The number of hydrazone groups is 1. The average molecular weight is 309 g/mol. The number of benzene rings is 2. The Balaban J connectivity index is 2.00. The molecule has 2 rings (SSSR count). The number of amides is 1. The van der Waals surface area contributed by atoms with Crippen molar-refractivity contribution in [1.29, 1.82) is 0 Å². The molecule has 0 heterocycles. The Morgan fingerprint density at radius 2 is 1.87 bits per heavy atom. The lowest BCUT2D eigenvalue weighted by Crippen LogP contribution is -2.28. The highest BCUT2D eigenvalue weighted by Gasteiger charge is 2.10. The minimum atomic E-state index is -0.163. The molecule has 1 amide bonds. The first kappa shape index (κ1) is 16.4. The molecule has 6 nitrogen and oxygen atoms in total. The zero-order valence-corrected chi connectivity index (χ0v) is 13.2. The second-order valence-corrected chi connectivity index (χ2v) is 5.01. The van der Waals surface area contributed by atoms with E-state index in [9.17, 15) is 4.79 Å². The molecule has 0 saturated carbocycles. The third-order valence-corrected chi connectivity index (χ3v) is 3.29. The highest BCUT2D eigenvalue weighted by molar-refractivity contribution is 5.99. The Morgan fingerprint density at radius 3 is 2.52 bits per heavy atom. The molecule has 0 atom stereocenters. The van der Waals surface area contributed by atoms with Gasteiger partial charge < -0.3 is 10.7 Å². The molecule has 0 aliphatic rings. The van der Waals surface area contributed by atoms with Crippen LogP contribution in [0.2, 0.25) is 0 Å². The predicted molar refractivity (Wildman–Crippen MR) is 91.5 cm³/mol. The summed E-state index contributed by atoms with van der Waals surface area (Å²) in [6, 6.07) is 16.9. The monoisotopic (exact) mass is 309 g/mol. The fraction of sp³-hybridized carbons (Fsp3) is 0.176. The summed E-state index contributed by atoms with van der Waals surface area (Å²) in [5, 5.41) is 11.5. The SMILES string of the molecule is Cc1cccc(N(C)C(=O)CN=NC(=NN)c2ccccc2)c1. The van der Waals surface area contributed by atoms with Gasteiger partial charge in [0.1, 0.15) is 6.54 Å². The standard InChI is InChI=1S/C17H19N5O/c1-13-7-6-10-15(11-13)22(2)16(23)12-19-21-17(20-18)14-8-4-3-5-9-14/h3-11H,12,18H2,1-2H3. The lowest BCUT2D eigenvalue weighted by atomic mass is 10.2. The van der Waals surface area contributed by atoms with Gasteiger partial charge in [-0.15, -0.1) is 5.11 Å². The van der Waals surface area contributed by atoms with Gasteiger partial charge in [-0.1, -0.05) is 42.5 Å². The van der Waals surface area contributed by atoms with Gasteiger partial charge in [0.05, 0.1) is 0 Å². The van der Waals surface area contributed by atoms with Crippen molar-refractivity contribution in [2.75, 3.05) is 18.5 Å². The molecule has 118 valence electrons. The van der Waals surface area contributed by atoms with Crippen molar-refractivity contribution in [2.24, 2.45) is 21.2 Å². The molecule has 2 aromatic carbocycles. The molecular weight excluding hydrogens is 290 g/mol. The van der Waals surface area contributed by atoms with Crippen LogP contribution in [0.1, 0.15) is 11.1 Å². The number of anilines is 1. The number of carbonyl (C=O) groups is 1. The first-order chi connectivity index (χ1) is 11.1. The lowest BCUT2D eigenvalue weighted by molar-refractivity contribution is -0.117. The number of azo groups is 1. The van der Waals surface area contributed by atoms with Crippen molar-refractivity contribution in [1.82, 2.24) is 0 Å². The molecule has 0 aliphatic heterocycles. The average Bonchev–Trinajstić information content (AvgIpc) is 2.58. The second kappa shape index (κ2) is 7.84. The van der Waals surface area contributed by atoms with E-state index in [4.69, 9.17) is 5.84 Å². The van der Waals surface area contributed by atoms with Crippen molar-refractivity contribution in [3.05, 3.63) is 65.7 Å². The van der Waals surface area contributed by atoms with E-state index >= 15 is 0 Å². The summed E-state index contributed by atoms with van der Waals surface area (Å²) in [4.78, 5) is 13.7. The summed E-state index contributed by atoms with van der Waals surface area (Å²) in [6.07, 6.45) is 0. The van der Waals surface area contributed by atoms with Crippen LogP contribution in [-0.4, -0.2) is 25.3 Å². The first-order valence-corrected chi connectivity index (χ1v) is 7.16. The number of aryl methyl sites for hydroxylation is 1. The molecule has 0 saturated heterocycles. The highest BCUT2D eigenvalue weighted by atomic mass is 16.2. The summed E-state index contributed by atoms with van der Waals surface area (Å²) < 4.78 is 0. The van der Waals surface area contributed by atoms with Gasteiger partial charge in [0.2, 0.25) is 5.91 Å². The summed E-state index contributed by atoms with van der Waals surface area (Å²) in [5.74, 6) is 5.45. The van der Waals surface area contributed by atoms with Crippen LogP contribution in [0.25, 0.3) is 0 Å². The van der Waals surface area contributed by atoms with E-state index in [0.717, 1.165) is 16.8 Å². The predicted octanol–water partition coefficient (Wildman–Crippen LogP) is 2.73. The van der Waals surface area contributed by atoms with E-state index in [2.05, 4.69) is 15.3 Å². The van der Waals surface area contributed by atoms with Crippen LogP contribution >= 0.6 is 0 Å². The topological polar surface area (TPSA) is 83.4 Å². The normalized spacial score (nSPS) is 11.7. The van der Waals surface area contributed by atoms with Crippen molar-refractivity contribution >= 4 is 17.4 Å². The highest BCUT2D eigenvalue weighted by Crippen LogP contribution is 2.14. The van der Waals surface area contributed by atoms with Crippen molar-refractivity contribution in [3.8, 4) is 0 Å². The quantitative estimate of drug-likeness (QED) is 0.310. The second-order valence-electron chi connectivity index (χ2n) is 5.01. The van der Waals surface area contributed by atoms with E-state index in [1.54, 1.807) is 11.9 Å². The lowest BCUT2D eigenvalue weighted by Gasteiger charge is -2.16. The number of nitrogens with zero attached hydrogens (tertiary/aromatic N) is 4. The first-order valence-electron chi connectivity index (χ1n) is 7.16. The zero-order chi connectivity index (χ0) is 16.7. The van der Waals surface area contributed by atoms with Gasteiger partial charge in [-0.05, 0) is 24.6 Å². The number of hydrogen-bond acceptors (Lipinski definition) is 4. The fourth-order valence-electron chi connectivity index (χ4n) is 1.99. The number of likely N-dealkylation sites (N-methyl/N-ethyl adjacent to an activating group) is 1. The molecule has 0 aromatic heterocycles. The van der Waals surface area contributed by atoms with Gasteiger partial charge in [0.15, 0.2) is 5.84 Å². The number of hydrogen-bond donors (Lipinski definition) is 1. The minimum absolute atomic E-state index is 0.0731. The third-order valence-electron chi connectivity index (χ3n) is 3.29. The molecule has 0 spiro atoms. The Labute approximate surface area is 135 Å². The van der Waals surface area contributed by atoms with Gasteiger partial charge in [-0.2, -0.15) is 10.2 Å². The maximum Gasteiger partial charge on any atom is 0.250 e. The largest absolute Gasteiger partial charge is 0.321 e. The smallest absolute Gasteiger partial charge is 0.250 e. The van der Waals surface area contributed by atoms with Crippen LogP contribution in [0.15, 0.2) is 69.9 Å². The number of nitrogens with two attached hydrogens (primary N) is 1. The van der Waals surface area contributed by atoms with Gasteiger partial charge >= 0.3 is 0 Å². The van der Waals surface area contributed by atoms with Crippen LogP contribution in [0, 0.1) is 6.92 Å². The molecular formula is C17H19N5O. The maximum absolute atomic E-state index is 12.2. The molecule has 0 bridgehead atoms. The van der Waals surface area contributed by atoms with Crippen molar-refractivity contribution in [2.45, 2.75) is 6.92 Å². The summed E-state index contributed by atoms with van der Waals surface area (Å²) in [6.45, 7) is 1.90. The van der Waals surface area contributed by atoms with Crippen LogP contribution in [-0.2, 0) is 4.79 Å². The van der Waals surface area contributed by atoms with E-state index < -0.39 is 0 Å².